The quantitative estimate of drug-likeness (QED) is 0.804. The summed E-state index contributed by atoms with van der Waals surface area (Å²) in [5, 5.41) is 12.7. The predicted molar refractivity (Wildman–Crippen MR) is 73.3 cm³/mol. The molecule has 0 saturated carbocycles. The van der Waals surface area contributed by atoms with Gasteiger partial charge in [-0.15, -0.1) is 0 Å². The Morgan fingerprint density at radius 2 is 2.11 bits per heavy atom. The minimum Gasteiger partial charge on any atom is -0.396 e. The highest BCUT2D eigenvalue weighted by Gasteiger charge is 2.37. The molecule has 2 N–H and O–H groups in total. The Labute approximate surface area is 108 Å². The molecule has 1 aliphatic heterocycles. The summed E-state index contributed by atoms with van der Waals surface area (Å²) in [5.41, 5.74) is 2.46. The maximum atomic E-state index is 9.30. The van der Waals surface area contributed by atoms with E-state index in [9.17, 15) is 5.11 Å². The highest BCUT2D eigenvalue weighted by atomic mass is 16.5. The molecule has 1 aromatic rings. The van der Waals surface area contributed by atoms with Gasteiger partial charge in [0.25, 0.3) is 0 Å². The normalized spacial score (nSPS) is 18.4. The van der Waals surface area contributed by atoms with E-state index in [2.05, 4.69) is 30.4 Å². The number of aliphatic hydroxyl groups is 1. The number of aliphatic hydroxyl groups excluding tert-OH is 1. The van der Waals surface area contributed by atoms with E-state index in [1.165, 1.54) is 11.1 Å². The summed E-state index contributed by atoms with van der Waals surface area (Å²) in [7, 11) is 0. The van der Waals surface area contributed by atoms with Gasteiger partial charge in [0.05, 0.1) is 25.2 Å². The molecule has 98 valence electrons. The van der Waals surface area contributed by atoms with Gasteiger partial charge in [-0.1, -0.05) is 42.0 Å². The molecule has 1 saturated heterocycles. The Morgan fingerprint density at radius 1 is 1.39 bits per heavy atom. The zero-order chi connectivity index (χ0) is 12.8. The van der Waals surface area contributed by atoms with Gasteiger partial charge < -0.3 is 15.2 Å². The Bertz CT molecular complexity index is 391. The third-order valence-corrected chi connectivity index (χ3v) is 3.27. The topological polar surface area (TPSA) is 41.5 Å². The van der Waals surface area contributed by atoms with Crippen LogP contribution in [0.15, 0.2) is 35.9 Å². The molecule has 0 unspecified atom stereocenters. The van der Waals surface area contributed by atoms with E-state index in [-0.39, 0.29) is 12.0 Å². The van der Waals surface area contributed by atoms with Crippen molar-refractivity contribution in [1.82, 2.24) is 5.32 Å². The molecule has 0 spiro atoms. The van der Waals surface area contributed by atoms with E-state index in [1.807, 2.05) is 18.2 Å². The zero-order valence-electron chi connectivity index (χ0n) is 10.9. The van der Waals surface area contributed by atoms with Gasteiger partial charge in [0.15, 0.2) is 0 Å². The van der Waals surface area contributed by atoms with Crippen molar-refractivity contribution in [2.24, 2.45) is 5.41 Å². The summed E-state index contributed by atoms with van der Waals surface area (Å²) >= 11 is 0. The molecule has 0 atom stereocenters. The molecule has 1 aromatic carbocycles. The van der Waals surface area contributed by atoms with Gasteiger partial charge in [0.2, 0.25) is 0 Å². The van der Waals surface area contributed by atoms with E-state index in [0.717, 1.165) is 13.1 Å². The lowest BCUT2D eigenvalue weighted by molar-refractivity contribution is -0.133. The monoisotopic (exact) mass is 247 g/mol. The molecule has 1 fully saturated rings. The van der Waals surface area contributed by atoms with Crippen molar-refractivity contribution in [2.45, 2.75) is 6.92 Å². The summed E-state index contributed by atoms with van der Waals surface area (Å²) in [6.45, 7) is 5.29. The number of hydrogen-bond acceptors (Lipinski definition) is 3. The third kappa shape index (κ3) is 3.42. The Hall–Kier alpha value is -1.16. The molecule has 1 heterocycles. The Balaban J connectivity index is 1.78. The zero-order valence-corrected chi connectivity index (χ0v) is 10.9. The summed E-state index contributed by atoms with van der Waals surface area (Å²) in [6, 6.07) is 10.3. The van der Waals surface area contributed by atoms with Crippen molar-refractivity contribution in [2.75, 3.05) is 32.9 Å². The van der Waals surface area contributed by atoms with Crippen LogP contribution in [0.4, 0.5) is 0 Å². The molecule has 0 radical (unpaired) electrons. The molecule has 2 rings (SSSR count). The molecule has 3 heteroatoms. The molecule has 18 heavy (non-hydrogen) atoms. The van der Waals surface area contributed by atoms with Crippen molar-refractivity contribution in [3.8, 4) is 0 Å². The first-order chi connectivity index (χ1) is 8.74. The third-order valence-electron chi connectivity index (χ3n) is 3.27. The van der Waals surface area contributed by atoms with E-state index in [1.54, 1.807) is 0 Å². The molecule has 0 bridgehead atoms. The Morgan fingerprint density at radius 3 is 2.67 bits per heavy atom. The lowest BCUT2D eigenvalue weighted by Crippen LogP contribution is -2.52. The van der Waals surface area contributed by atoms with Gasteiger partial charge >= 0.3 is 0 Å². The molecule has 3 nitrogen and oxygen atoms in total. The van der Waals surface area contributed by atoms with Crippen LogP contribution in [0.1, 0.15) is 12.5 Å². The van der Waals surface area contributed by atoms with Crippen molar-refractivity contribution in [3.05, 3.63) is 41.5 Å². The number of rotatable bonds is 6. The van der Waals surface area contributed by atoms with Gasteiger partial charge in [-0.25, -0.2) is 0 Å². The van der Waals surface area contributed by atoms with Gasteiger partial charge in [-0.05, 0) is 12.5 Å². The van der Waals surface area contributed by atoms with Crippen LogP contribution in [0.2, 0.25) is 0 Å². The lowest BCUT2D eigenvalue weighted by atomic mass is 9.87. The van der Waals surface area contributed by atoms with Crippen LogP contribution in [-0.2, 0) is 4.74 Å². The second-order valence-electron chi connectivity index (χ2n) is 5.16. The Kier molecular flexibility index (Phi) is 4.53. The largest absolute Gasteiger partial charge is 0.396 e. The fourth-order valence-corrected chi connectivity index (χ4v) is 2.05. The molecular formula is C15H21NO2. The smallest absolute Gasteiger partial charge is 0.0579 e. The summed E-state index contributed by atoms with van der Waals surface area (Å²) in [5.74, 6) is 0. The van der Waals surface area contributed by atoms with E-state index in [4.69, 9.17) is 4.74 Å². The molecule has 0 aliphatic carbocycles. The predicted octanol–water partition coefficient (Wildman–Crippen LogP) is 1.69. The van der Waals surface area contributed by atoms with Crippen LogP contribution in [-0.4, -0.2) is 38.0 Å². The van der Waals surface area contributed by atoms with Crippen molar-refractivity contribution in [1.29, 1.82) is 0 Å². The first kappa shape index (κ1) is 13.3. The fourth-order valence-electron chi connectivity index (χ4n) is 2.05. The van der Waals surface area contributed by atoms with Crippen LogP contribution in [0.25, 0.3) is 6.08 Å². The number of benzene rings is 1. The summed E-state index contributed by atoms with van der Waals surface area (Å²) in [4.78, 5) is 0. The first-order valence-corrected chi connectivity index (χ1v) is 6.36. The average molecular weight is 247 g/mol. The van der Waals surface area contributed by atoms with Crippen molar-refractivity contribution in [3.63, 3.8) is 0 Å². The van der Waals surface area contributed by atoms with Gasteiger partial charge in [0.1, 0.15) is 0 Å². The van der Waals surface area contributed by atoms with Gasteiger partial charge in [-0.2, -0.15) is 0 Å². The van der Waals surface area contributed by atoms with Crippen LogP contribution in [0, 0.1) is 5.41 Å². The maximum Gasteiger partial charge on any atom is 0.0579 e. The minimum absolute atomic E-state index is 0.0486. The number of nitrogens with one attached hydrogen (secondary N) is 1. The van der Waals surface area contributed by atoms with Crippen LogP contribution >= 0.6 is 0 Å². The second kappa shape index (κ2) is 6.14. The highest BCUT2D eigenvalue weighted by Crippen LogP contribution is 2.25. The first-order valence-electron chi connectivity index (χ1n) is 6.36. The summed E-state index contributed by atoms with van der Waals surface area (Å²) in [6.07, 6.45) is 2.18. The van der Waals surface area contributed by atoms with E-state index < -0.39 is 0 Å². The van der Waals surface area contributed by atoms with Crippen LogP contribution in [0.5, 0.6) is 0 Å². The second-order valence-corrected chi connectivity index (χ2v) is 5.16. The molecule has 0 aromatic heterocycles. The highest BCUT2D eigenvalue weighted by molar-refractivity contribution is 5.52. The summed E-state index contributed by atoms with van der Waals surface area (Å²) < 4.78 is 5.17. The van der Waals surface area contributed by atoms with E-state index in [0.29, 0.717) is 13.2 Å². The van der Waals surface area contributed by atoms with E-state index >= 15 is 0 Å². The molecule has 1 aliphatic rings. The van der Waals surface area contributed by atoms with Crippen molar-refractivity contribution < 1.29 is 9.84 Å². The lowest BCUT2D eigenvalue weighted by Gasteiger charge is -2.40. The van der Waals surface area contributed by atoms with Gasteiger partial charge in [0, 0.05) is 13.1 Å². The average Bonchev–Trinajstić information content (AvgIpc) is 2.34. The number of ether oxygens (including phenoxy) is 1. The SMILES string of the molecule is C/C(=C/c1ccccc1)CNCC1(CO)COC1. The molecular weight excluding hydrogens is 226 g/mol. The maximum absolute atomic E-state index is 9.30. The number of hydrogen-bond donors (Lipinski definition) is 2. The standard InChI is InChI=1S/C15H21NO2/c1-13(7-14-5-3-2-4-6-14)8-16-9-15(10-17)11-18-12-15/h2-7,16-17H,8-12H2,1H3/b13-7-. The van der Waals surface area contributed by atoms with Crippen molar-refractivity contribution >= 4 is 6.08 Å². The fraction of sp³-hybridized carbons (Fsp3) is 0.467. The van der Waals surface area contributed by atoms with Gasteiger partial charge in [-0.3, -0.25) is 0 Å². The van der Waals surface area contributed by atoms with Crippen LogP contribution < -0.4 is 5.32 Å². The van der Waals surface area contributed by atoms with Crippen LogP contribution in [0.3, 0.4) is 0 Å². The minimum atomic E-state index is -0.0486. The molecule has 0 amide bonds.